The van der Waals surface area contributed by atoms with Crippen molar-refractivity contribution in [3.8, 4) is 0 Å². The first kappa shape index (κ1) is 13.5. The zero-order valence-electron chi connectivity index (χ0n) is 11.6. The molecule has 1 fully saturated rings. The molecule has 3 atom stereocenters. The highest BCUT2D eigenvalue weighted by Crippen LogP contribution is 2.34. The molecule has 3 unspecified atom stereocenters. The Bertz CT molecular complexity index is 409. The Hall–Kier alpha value is -0.930. The smallest absolute Gasteiger partial charge is 0.129 e. The van der Waals surface area contributed by atoms with E-state index >= 15 is 0 Å². The van der Waals surface area contributed by atoms with Gasteiger partial charge in [-0.1, -0.05) is 12.1 Å². The van der Waals surface area contributed by atoms with Crippen molar-refractivity contribution in [3.05, 3.63) is 34.6 Å². The zero-order valence-corrected chi connectivity index (χ0v) is 11.6. The van der Waals surface area contributed by atoms with Gasteiger partial charge in [0.1, 0.15) is 5.82 Å². The number of hydrogen-bond acceptors (Lipinski definition) is 2. The number of halogens is 1. The summed E-state index contributed by atoms with van der Waals surface area (Å²) in [6.07, 6.45) is 1.32. The number of hydrogen-bond donors (Lipinski definition) is 1. The normalized spacial score (nSPS) is 25.4. The predicted octanol–water partition coefficient (Wildman–Crippen LogP) is 3.13. The van der Waals surface area contributed by atoms with Crippen LogP contribution in [0.3, 0.4) is 0 Å². The molecule has 0 saturated carbocycles. The molecule has 1 aliphatic heterocycles. The Morgan fingerprint density at radius 3 is 2.39 bits per heavy atom. The molecule has 0 radical (unpaired) electrons. The maximum atomic E-state index is 13.7. The van der Waals surface area contributed by atoms with E-state index in [4.69, 9.17) is 4.74 Å². The summed E-state index contributed by atoms with van der Waals surface area (Å²) in [6.45, 7) is 6.59. The minimum atomic E-state index is -0.0932. The molecule has 18 heavy (non-hydrogen) atoms. The molecule has 2 nitrogen and oxygen atoms in total. The third kappa shape index (κ3) is 2.43. The van der Waals surface area contributed by atoms with Gasteiger partial charge in [0.2, 0.25) is 0 Å². The molecule has 1 saturated heterocycles. The first-order valence-electron chi connectivity index (χ1n) is 6.60. The minimum absolute atomic E-state index is 0.0932. The molecule has 0 aromatic heterocycles. The third-order valence-corrected chi connectivity index (χ3v) is 3.99. The fraction of sp³-hybridized carbons (Fsp3) is 0.600. The predicted molar refractivity (Wildman–Crippen MR) is 71.2 cm³/mol. The average Bonchev–Trinajstić information content (AvgIpc) is 2.74. The second kappa shape index (κ2) is 5.37. The first-order valence-corrected chi connectivity index (χ1v) is 6.60. The Kier molecular flexibility index (Phi) is 4.03. The van der Waals surface area contributed by atoms with E-state index in [1.54, 1.807) is 0 Å². The van der Waals surface area contributed by atoms with E-state index in [1.807, 2.05) is 33.0 Å². The van der Waals surface area contributed by atoms with Gasteiger partial charge >= 0.3 is 0 Å². The van der Waals surface area contributed by atoms with Crippen LogP contribution in [0.1, 0.15) is 36.1 Å². The van der Waals surface area contributed by atoms with Gasteiger partial charge in [0, 0.05) is 18.6 Å². The van der Waals surface area contributed by atoms with Crippen molar-refractivity contribution in [2.24, 2.45) is 5.92 Å². The second-order valence-electron chi connectivity index (χ2n) is 5.26. The highest BCUT2D eigenvalue weighted by atomic mass is 19.1. The molecule has 1 N–H and O–H groups in total. The van der Waals surface area contributed by atoms with Gasteiger partial charge in [-0.05, 0) is 50.9 Å². The van der Waals surface area contributed by atoms with Crippen LogP contribution in [0.15, 0.2) is 12.1 Å². The van der Waals surface area contributed by atoms with Crippen LogP contribution in [0, 0.1) is 25.6 Å². The maximum Gasteiger partial charge on any atom is 0.129 e. The van der Waals surface area contributed by atoms with Crippen molar-refractivity contribution in [1.29, 1.82) is 0 Å². The lowest BCUT2D eigenvalue weighted by Gasteiger charge is -2.26. The molecule has 1 aromatic carbocycles. The summed E-state index contributed by atoms with van der Waals surface area (Å²) in [5, 5.41) is 3.36. The molecule has 3 heteroatoms. The summed E-state index contributed by atoms with van der Waals surface area (Å²) < 4.78 is 19.3. The summed E-state index contributed by atoms with van der Waals surface area (Å²) in [5.41, 5.74) is 2.60. The summed E-state index contributed by atoms with van der Waals surface area (Å²) >= 11 is 0. The summed E-state index contributed by atoms with van der Waals surface area (Å²) in [6, 6.07) is 4.14. The van der Waals surface area contributed by atoms with Crippen LogP contribution in [0.4, 0.5) is 4.39 Å². The van der Waals surface area contributed by atoms with Crippen LogP contribution >= 0.6 is 0 Å². The summed E-state index contributed by atoms with van der Waals surface area (Å²) in [5.74, 6) is 0.364. The summed E-state index contributed by atoms with van der Waals surface area (Å²) in [7, 11) is 1.96. The van der Waals surface area contributed by atoms with Crippen LogP contribution in [0.25, 0.3) is 0 Å². The lowest BCUT2D eigenvalue weighted by molar-refractivity contribution is 0.0963. The Balaban J connectivity index is 2.33. The fourth-order valence-corrected chi connectivity index (χ4v) is 2.97. The van der Waals surface area contributed by atoms with Crippen molar-refractivity contribution in [1.82, 2.24) is 5.32 Å². The molecule has 1 aliphatic rings. The van der Waals surface area contributed by atoms with Crippen LogP contribution in [0.5, 0.6) is 0 Å². The largest absolute Gasteiger partial charge is 0.378 e. The van der Waals surface area contributed by atoms with Gasteiger partial charge in [0.25, 0.3) is 0 Å². The van der Waals surface area contributed by atoms with E-state index in [-0.39, 0.29) is 18.0 Å². The topological polar surface area (TPSA) is 21.3 Å². The number of benzene rings is 1. The van der Waals surface area contributed by atoms with E-state index < -0.39 is 0 Å². The fourth-order valence-electron chi connectivity index (χ4n) is 2.97. The van der Waals surface area contributed by atoms with Crippen molar-refractivity contribution >= 4 is 0 Å². The molecule has 100 valence electrons. The zero-order chi connectivity index (χ0) is 13.3. The van der Waals surface area contributed by atoms with Crippen LogP contribution in [-0.2, 0) is 4.74 Å². The van der Waals surface area contributed by atoms with Crippen LogP contribution in [0.2, 0.25) is 0 Å². The second-order valence-corrected chi connectivity index (χ2v) is 5.26. The maximum absolute atomic E-state index is 13.7. The molecule has 0 amide bonds. The van der Waals surface area contributed by atoms with Crippen LogP contribution < -0.4 is 5.32 Å². The van der Waals surface area contributed by atoms with Gasteiger partial charge in [0.15, 0.2) is 0 Å². The summed E-state index contributed by atoms with van der Waals surface area (Å²) in [4.78, 5) is 0. The number of ether oxygens (including phenoxy) is 1. The highest BCUT2D eigenvalue weighted by molar-refractivity contribution is 5.33. The standard InChI is InChI=1S/C15H22FNO/c1-9-7-12(8-10(2)14(9)16)15(17-4)13-5-6-18-11(13)3/h7-8,11,13,15,17H,5-6H2,1-4H3. The van der Waals surface area contributed by atoms with Crippen molar-refractivity contribution in [2.45, 2.75) is 39.3 Å². The lowest BCUT2D eigenvalue weighted by atomic mass is 9.87. The molecule has 0 spiro atoms. The Morgan fingerprint density at radius 2 is 1.94 bits per heavy atom. The van der Waals surface area contributed by atoms with E-state index in [0.29, 0.717) is 5.92 Å². The van der Waals surface area contributed by atoms with Crippen molar-refractivity contribution in [2.75, 3.05) is 13.7 Å². The number of nitrogens with one attached hydrogen (secondary N) is 1. The molecular formula is C15H22FNO. The molecule has 0 aliphatic carbocycles. The minimum Gasteiger partial charge on any atom is -0.378 e. The van der Waals surface area contributed by atoms with Gasteiger partial charge in [-0.2, -0.15) is 0 Å². The first-order chi connectivity index (χ1) is 8.54. The van der Waals surface area contributed by atoms with Crippen molar-refractivity contribution < 1.29 is 9.13 Å². The highest BCUT2D eigenvalue weighted by Gasteiger charge is 2.32. The molecule has 0 bridgehead atoms. The molecule has 2 rings (SSSR count). The van der Waals surface area contributed by atoms with Crippen LogP contribution in [-0.4, -0.2) is 19.8 Å². The third-order valence-electron chi connectivity index (χ3n) is 3.99. The average molecular weight is 251 g/mol. The Morgan fingerprint density at radius 1 is 1.33 bits per heavy atom. The Labute approximate surface area is 109 Å². The van der Waals surface area contributed by atoms with E-state index in [1.165, 1.54) is 0 Å². The van der Waals surface area contributed by atoms with Gasteiger partial charge in [-0.15, -0.1) is 0 Å². The lowest BCUT2D eigenvalue weighted by Crippen LogP contribution is -2.29. The molecular weight excluding hydrogens is 229 g/mol. The van der Waals surface area contributed by atoms with Gasteiger partial charge in [-0.3, -0.25) is 0 Å². The molecule has 1 heterocycles. The van der Waals surface area contributed by atoms with E-state index in [2.05, 4.69) is 12.2 Å². The van der Waals surface area contributed by atoms with Gasteiger partial charge in [-0.25, -0.2) is 4.39 Å². The van der Waals surface area contributed by atoms with E-state index in [9.17, 15) is 4.39 Å². The molecule has 1 aromatic rings. The number of aryl methyl sites for hydroxylation is 2. The monoisotopic (exact) mass is 251 g/mol. The van der Waals surface area contributed by atoms with Gasteiger partial charge < -0.3 is 10.1 Å². The SMILES string of the molecule is CNC(c1cc(C)c(F)c(C)c1)C1CCOC1C. The van der Waals surface area contributed by atoms with Gasteiger partial charge in [0.05, 0.1) is 6.10 Å². The van der Waals surface area contributed by atoms with E-state index in [0.717, 1.165) is 29.7 Å². The quantitative estimate of drug-likeness (QED) is 0.891. The van der Waals surface area contributed by atoms with Crippen molar-refractivity contribution in [3.63, 3.8) is 0 Å². The number of rotatable bonds is 3.